The Kier molecular flexibility index (Phi) is 8.01. The lowest BCUT2D eigenvalue weighted by atomic mass is 10.0. The SMILES string of the molecule is c1ccc(-c2ccc(-c3nc(-c4cccc(-c5ccc6c(c5)sc5ccccc56)c4)nc(-n4c5ccccc5c5ccccc54)n3)c(-n3c4ccccc4c4ccccc43)c2)cc1. The van der Waals surface area contributed by atoms with Crippen LogP contribution in [0.25, 0.3) is 120 Å². The third-order valence-corrected chi connectivity index (χ3v) is 13.5. The van der Waals surface area contributed by atoms with E-state index in [0.717, 1.165) is 71.9 Å². The Morgan fingerprint density at radius 2 is 0.794 bits per heavy atom. The molecular weight excluding hydrogens is 787 g/mol. The summed E-state index contributed by atoms with van der Waals surface area (Å²) < 4.78 is 7.13. The van der Waals surface area contributed by atoms with Gasteiger partial charge in [0.1, 0.15) is 0 Å². The largest absolute Gasteiger partial charge is 0.308 e. The fraction of sp³-hybridized carbons (Fsp3) is 0. The summed E-state index contributed by atoms with van der Waals surface area (Å²) in [6.07, 6.45) is 0. The molecule has 0 atom stereocenters. The van der Waals surface area contributed by atoms with Crippen molar-refractivity contribution in [3.63, 3.8) is 0 Å². The molecule has 0 bridgehead atoms. The summed E-state index contributed by atoms with van der Waals surface area (Å²) in [6, 6.07) is 75.6. The van der Waals surface area contributed by atoms with Crippen molar-refractivity contribution in [1.29, 1.82) is 0 Å². The van der Waals surface area contributed by atoms with E-state index in [1.807, 2.05) is 11.3 Å². The number of nitrogens with zero attached hydrogens (tertiary/aromatic N) is 5. The van der Waals surface area contributed by atoms with Crippen molar-refractivity contribution in [2.75, 3.05) is 0 Å². The molecule has 0 aliphatic carbocycles. The molecule has 6 heteroatoms. The van der Waals surface area contributed by atoms with Crippen LogP contribution in [0.5, 0.6) is 0 Å². The lowest BCUT2D eigenvalue weighted by molar-refractivity contribution is 0.952. The highest BCUT2D eigenvalue weighted by atomic mass is 32.1. The Labute approximate surface area is 366 Å². The van der Waals surface area contributed by atoms with Gasteiger partial charge < -0.3 is 4.57 Å². The summed E-state index contributed by atoms with van der Waals surface area (Å²) in [6.45, 7) is 0. The van der Waals surface area contributed by atoms with E-state index in [2.05, 4.69) is 221 Å². The molecule has 0 saturated heterocycles. The average Bonchev–Trinajstić information content (AvgIpc) is 4.01. The quantitative estimate of drug-likeness (QED) is 0.168. The Balaban J connectivity index is 1.08. The van der Waals surface area contributed by atoms with Crippen molar-refractivity contribution in [2.24, 2.45) is 0 Å². The molecule has 13 rings (SSSR count). The summed E-state index contributed by atoms with van der Waals surface area (Å²) in [4.78, 5) is 16.3. The van der Waals surface area contributed by atoms with Crippen LogP contribution >= 0.6 is 11.3 Å². The molecule has 0 aliphatic rings. The molecule has 5 nitrogen and oxygen atoms in total. The summed E-state index contributed by atoms with van der Waals surface area (Å²) in [5, 5.41) is 7.26. The van der Waals surface area contributed by atoms with Crippen molar-refractivity contribution >= 4 is 75.1 Å². The summed E-state index contributed by atoms with van der Waals surface area (Å²) in [5.41, 5.74) is 11.6. The number of fused-ring (bicyclic) bond motifs is 9. The van der Waals surface area contributed by atoms with Crippen LogP contribution in [0.15, 0.2) is 212 Å². The maximum absolute atomic E-state index is 5.47. The number of aromatic nitrogens is 5. The van der Waals surface area contributed by atoms with Crippen molar-refractivity contribution in [3.05, 3.63) is 212 Å². The van der Waals surface area contributed by atoms with Gasteiger partial charge in [-0.3, -0.25) is 4.57 Å². The van der Waals surface area contributed by atoms with E-state index in [9.17, 15) is 0 Å². The van der Waals surface area contributed by atoms with Gasteiger partial charge in [-0.25, -0.2) is 4.98 Å². The topological polar surface area (TPSA) is 48.5 Å². The van der Waals surface area contributed by atoms with E-state index in [4.69, 9.17) is 15.0 Å². The van der Waals surface area contributed by atoms with Crippen molar-refractivity contribution in [2.45, 2.75) is 0 Å². The molecule has 0 spiro atoms. The van der Waals surface area contributed by atoms with E-state index in [1.165, 1.54) is 30.9 Å². The van der Waals surface area contributed by atoms with E-state index in [0.29, 0.717) is 17.6 Å². The van der Waals surface area contributed by atoms with Crippen LogP contribution in [0.4, 0.5) is 0 Å². The maximum Gasteiger partial charge on any atom is 0.238 e. The van der Waals surface area contributed by atoms with Gasteiger partial charge in [0.05, 0.1) is 27.8 Å². The van der Waals surface area contributed by atoms with E-state index in [1.54, 1.807) is 0 Å². The molecule has 0 aliphatic heterocycles. The first-order valence-electron chi connectivity index (χ1n) is 21.2. The number of rotatable bonds is 6. The van der Waals surface area contributed by atoms with Gasteiger partial charge in [0.25, 0.3) is 0 Å². The molecule has 4 aromatic heterocycles. The first kappa shape index (κ1) is 35.6. The van der Waals surface area contributed by atoms with E-state index < -0.39 is 0 Å². The molecule has 0 N–H and O–H groups in total. The highest BCUT2D eigenvalue weighted by Crippen LogP contribution is 2.40. The molecule has 0 saturated carbocycles. The predicted octanol–water partition coefficient (Wildman–Crippen LogP) is 15.1. The van der Waals surface area contributed by atoms with Crippen LogP contribution in [-0.4, -0.2) is 24.1 Å². The van der Waals surface area contributed by atoms with Crippen LogP contribution in [0, 0.1) is 0 Å². The zero-order valence-corrected chi connectivity index (χ0v) is 34.7. The van der Waals surface area contributed by atoms with Crippen LogP contribution < -0.4 is 0 Å². The molecule has 4 heterocycles. The van der Waals surface area contributed by atoms with Gasteiger partial charge in [0, 0.05) is 52.8 Å². The van der Waals surface area contributed by atoms with Gasteiger partial charge in [-0.15, -0.1) is 11.3 Å². The van der Waals surface area contributed by atoms with Gasteiger partial charge in [-0.2, -0.15) is 9.97 Å². The number of para-hydroxylation sites is 4. The first-order valence-corrected chi connectivity index (χ1v) is 22.0. The molecule has 0 amide bonds. The Morgan fingerprint density at radius 3 is 1.48 bits per heavy atom. The summed E-state index contributed by atoms with van der Waals surface area (Å²) in [5.74, 6) is 1.75. The van der Waals surface area contributed by atoms with Gasteiger partial charge in [-0.05, 0) is 76.9 Å². The van der Waals surface area contributed by atoms with Gasteiger partial charge >= 0.3 is 0 Å². The molecule has 63 heavy (non-hydrogen) atoms. The number of hydrogen-bond acceptors (Lipinski definition) is 4. The smallest absolute Gasteiger partial charge is 0.238 e. The third kappa shape index (κ3) is 5.73. The lowest BCUT2D eigenvalue weighted by Gasteiger charge is -2.17. The van der Waals surface area contributed by atoms with Crippen LogP contribution in [-0.2, 0) is 0 Å². The van der Waals surface area contributed by atoms with E-state index in [-0.39, 0.29) is 0 Å². The van der Waals surface area contributed by atoms with Gasteiger partial charge in [0.2, 0.25) is 5.95 Å². The molecular formula is C57H35N5S. The predicted molar refractivity (Wildman–Crippen MR) is 263 cm³/mol. The molecule has 13 aromatic rings. The zero-order chi connectivity index (χ0) is 41.4. The third-order valence-electron chi connectivity index (χ3n) is 12.4. The van der Waals surface area contributed by atoms with Gasteiger partial charge in [0.15, 0.2) is 11.6 Å². The normalized spacial score (nSPS) is 11.8. The minimum absolute atomic E-state index is 0.560. The molecule has 0 unspecified atom stereocenters. The maximum atomic E-state index is 5.47. The van der Waals surface area contributed by atoms with Crippen LogP contribution in [0.2, 0.25) is 0 Å². The lowest BCUT2D eigenvalue weighted by Crippen LogP contribution is -2.08. The average molecular weight is 822 g/mol. The van der Waals surface area contributed by atoms with Crippen molar-refractivity contribution in [1.82, 2.24) is 24.1 Å². The Bertz CT molecular complexity index is 3820. The van der Waals surface area contributed by atoms with Crippen LogP contribution in [0.1, 0.15) is 0 Å². The monoisotopic (exact) mass is 821 g/mol. The first-order chi connectivity index (χ1) is 31.2. The second kappa shape index (κ2) is 14.2. The number of hydrogen-bond donors (Lipinski definition) is 0. The number of thiophene rings is 1. The Morgan fingerprint density at radius 1 is 0.302 bits per heavy atom. The zero-order valence-electron chi connectivity index (χ0n) is 33.9. The molecule has 294 valence electrons. The Hall–Kier alpha value is -8.19. The van der Waals surface area contributed by atoms with Crippen molar-refractivity contribution < 1.29 is 0 Å². The second-order valence-electron chi connectivity index (χ2n) is 16.0. The fourth-order valence-electron chi connectivity index (χ4n) is 9.49. The molecule has 9 aromatic carbocycles. The molecule has 0 radical (unpaired) electrons. The summed E-state index contributed by atoms with van der Waals surface area (Å²) >= 11 is 1.84. The highest BCUT2D eigenvalue weighted by molar-refractivity contribution is 7.25. The minimum atomic E-state index is 0.560. The van der Waals surface area contributed by atoms with Crippen LogP contribution in [0.3, 0.4) is 0 Å². The fourth-order valence-corrected chi connectivity index (χ4v) is 10.6. The minimum Gasteiger partial charge on any atom is -0.308 e. The molecule has 0 fully saturated rings. The summed E-state index contributed by atoms with van der Waals surface area (Å²) in [7, 11) is 0. The standard InChI is InChI=1S/C57H35N5S/c1-2-15-36(16-3-1)38-30-32-47(52(34-38)61-48-24-9-4-19-41(48)42-20-5-10-25-49(42)61)56-58-55(59-57(60-56)62-50-26-11-6-21-43(50)44-22-7-12-27-51(44)62)40-18-14-17-37(33-40)39-29-31-46-45-23-8-13-28-53(45)63-54(46)35-39/h1-35H. The van der Waals surface area contributed by atoms with E-state index >= 15 is 0 Å². The van der Waals surface area contributed by atoms with Gasteiger partial charge in [-0.1, -0.05) is 158 Å². The van der Waals surface area contributed by atoms with Crippen molar-refractivity contribution in [3.8, 4) is 56.7 Å². The second-order valence-corrected chi connectivity index (χ2v) is 17.1. The number of benzene rings is 9. The highest BCUT2D eigenvalue weighted by Gasteiger charge is 2.22.